The smallest absolute Gasteiger partial charge is 0.227 e. The van der Waals surface area contributed by atoms with Crippen molar-refractivity contribution in [3.8, 4) is 0 Å². The number of aldehydes is 1. The van der Waals surface area contributed by atoms with Crippen molar-refractivity contribution in [3.63, 3.8) is 0 Å². The van der Waals surface area contributed by atoms with Crippen LogP contribution < -0.4 is 0 Å². The number of Topliss-reactive ketones (excluding diaryl/α,β-unsaturated/α-hetero) is 1. The second-order valence-corrected chi connectivity index (χ2v) is 3.78. The predicted molar refractivity (Wildman–Crippen MR) is 56.0 cm³/mol. The molecule has 2 aromatic rings. The largest absolute Gasteiger partial charge is 0.346 e. The van der Waals surface area contributed by atoms with E-state index in [1.165, 1.54) is 5.56 Å². The minimum atomic E-state index is -0.433. The number of nitrogens with zero attached hydrogens (tertiary/aromatic N) is 1. The summed E-state index contributed by atoms with van der Waals surface area (Å²) in [6.07, 6.45) is 3.19. The Kier molecular flexibility index (Phi) is 1.57. The SMILES string of the molecule is O=CC(=O)c1cn2c3c(cccc13)CC2. The number of carbonyl (C=O) groups excluding carboxylic acids is 2. The zero-order valence-electron chi connectivity index (χ0n) is 8.06. The number of rotatable bonds is 2. The average Bonchev–Trinajstić information content (AvgIpc) is 2.84. The third-order valence-corrected chi connectivity index (χ3v) is 2.98. The van der Waals surface area contributed by atoms with E-state index in [0.29, 0.717) is 11.8 Å². The summed E-state index contributed by atoms with van der Waals surface area (Å²) in [6.45, 7) is 0.905. The van der Waals surface area contributed by atoms with Crippen molar-refractivity contribution >= 4 is 23.0 Å². The van der Waals surface area contributed by atoms with Gasteiger partial charge in [-0.25, -0.2) is 0 Å². The Morgan fingerprint density at radius 2 is 2.27 bits per heavy atom. The second kappa shape index (κ2) is 2.79. The Bertz CT molecular complexity index is 581. The van der Waals surface area contributed by atoms with Gasteiger partial charge in [-0.3, -0.25) is 9.59 Å². The van der Waals surface area contributed by atoms with E-state index in [2.05, 4.69) is 10.6 Å². The highest BCUT2D eigenvalue weighted by Crippen LogP contribution is 2.29. The topological polar surface area (TPSA) is 39.1 Å². The van der Waals surface area contributed by atoms with E-state index in [4.69, 9.17) is 0 Å². The molecular weight excluding hydrogens is 190 g/mol. The highest BCUT2D eigenvalue weighted by molar-refractivity contribution is 6.36. The summed E-state index contributed by atoms with van der Waals surface area (Å²) in [4.78, 5) is 21.9. The normalized spacial score (nSPS) is 13.3. The van der Waals surface area contributed by atoms with Crippen molar-refractivity contribution in [2.75, 3.05) is 0 Å². The molecule has 0 unspecified atom stereocenters. The summed E-state index contributed by atoms with van der Waals surface area (Å²) in [6, 6.07) is 5.91. The number of benzene rings is 1. The average molecular weight is 199 g/mol. The van der Waals surface area contributed by atoms with Gasteiger partial charge in [-0.15, -0.1) is 0 Å². The lowest BCUT2D eigenvalue weighted by atomic mass is 10.1. The Hall–Kier alpha value is -1.90. The summed E-state index contributed by atoms with van der Waals surface area (Å²) >= 11 is 0. The van der Waals surface area contributed by atoms with Gasteiger partial charge >= 0.3 is 0 Å². The van der Waals surface area contributed by atoms with Crippen LogP contribution in [0.2, 0.25) is 0 Å². The number of aryl methyl sites for hydroxylation is 2. The fourth-order valence-electron chi connectivity index (χ4n) is 2.32. The first-order chi connectivity index (χ1) is 7.31. The van der Waals surface area contributed by atoms with Gasteiger partial charge in [0.15, 0.2) is 6.29 Å². The fraction of sp³-hybridized carbons (Fsp3) is 0.167. The van der Waals surface area contributed by atoms with Gasteiger partial charge in [0.05, 0.1) is 11.1 Å². The predicted octanol–water partition coefficient (Wildman–Crippen LogP) is 1.58. The second-order valence-electron chi connectivity index (χ2n) is 3.78. The van der Waals surface area contributed by atoms with Gasteiger partial charge in [0.2, 0.25) is 5.78 Å². The van der Waals surface area contributed by atoms with Crippen molar-refractivity contribution < 1.29 is 9.59 Å². The number of hydrogen-bond acceptors (Lipinski definition) is 2. The molecule has 74 valence electrons. The van der Waals surface area contributed by atoms with E-state index in [1.54, 1.807) is 6.20 Å². The maximum absolute atomic E-state index is 11.4. The number of ketones is 1. The number of carbonyl (C=O) groups is 2. The molecule has 2 heterocycles. The fourth-order valence-corrected chi connectivity index (χ4v) is 2.32. The van der Waals surface area contributed by atoms with E-state index < -0.39 is 5.78 Å². The lowest BCUT2D eigenvalue weighted by Gasteiger charge is -1.95. The summed E-state index contributed by atoms with van der Waals surface area (Å²) in [5.41, 5.74) is 2.90. The third-order valence-electron chi connectivity index (χ3n) is 2.98. The molecule has 3 heteroatoms. The molecule has 0 N–H and O–H groups in total. The van der Waals surface area contributed by atoms with Crippen LogP contribution in [0.15, 0.2) is 24.4 Å². The lowest BCUT2D eigenvalue weighted by Crippen LogP contribution is -1.99. The molecule has 0 saturated heterocycles. The van der Waals surface area contributed by atoms with Crippen molar-refractivity contribution in [3.05, 3.63) is 35.5 Å². The molecule has 0 spiro atoms. The molecule has 0 fully saturated rings. The van der Waals surface area contributed by atoms with Crippen molar-refractivity contribution in [1.82, 2.24) is 4.57 Å². The van der Waals surface area contributed by atoms with Crippen LogP contribution in [0.25, 0.3) is 10.9 Å². The van der Waals surface area contributed by atoms with E-state index in [1.807, 2.05) is 12.1 Å². The van der Waals surface area contributed by atoms with E-state index in [9.17, 15) is 9.59 Å². The lowest BCUT2D eigenvalue weighted by molar-refractivity contribution is -0.104. The Balaban J connectivity index is 2.40. The third kappa shape index (κ3) is 1.00. The molecular formula is C12H9NO2. The quantitative estimate of drug-likeness (QED) is 0.418. The molecule has 0 aliphatic carbocycles. The number of hydrogen-bond donors (Lipinski definition) is 0. The molecule has 1 aliphatic heterocycles. The van der Waals surface area contributed by atoms with Crippen molar-refractivity contribution in [1.29, 1.82) is 0 Å². The van der Waals surface area contributed by atoms with Crippen LogP contribution in [-0.2, 0) is 17.8 Å². The monoisotopic (exact) mass is 199 g/mol. The molecule has 1 aliphatic rings. The zero-order chi connectivity index (χ0) is 10.4. The van der Waals surface area contributed by atoms with Gasteiger partial charge in [-0.1, -0.05) is 18.2 Å². The standard InChI is InChI=1S/C12H9NO2/c14-7-11(15)10-6-13-5-4-8-2-1-3-9(10)12(8)13/h1-3,6-7H,4-5H2. The molecule has 3 nitrogen and oxygen atoms in total. The molecule has 0 saturated carbocycles. The van der Waals surface area contributed by atoms with Crippen LogP contribution >= 0.6 is 0 Å². The summed E-state index contributed by atoms with van der Waals surface area (Å²) in [5.74, 6) is -0.433. The van der Waals surface area contributed by atoms with Crippen LogP contribution in [0, 0.1) is 0 Å². The highest BCUT2D eigenvalue weighted by Gasteiger charge is 2.19. The first-order valence-corrected chi connectivity index (χ1v) is 4.91. The molecule has 0 radical (unpaired) electrons. The minimum absolute atomic E-state index is 0.382. The highest BCUT2D eigenvalue weighted by atomic mass is 16.2. The van der Waals surface area contributed by atoms with Crippen LogP contribution in [0.4, 0.5) is 0 Å². The summed E-state index contributed by atoms with van der Waals surface area (Å²) in [5, 5.41) is 0.905. The number of aromatic nitrogens is 1. The van der Waals surface area contributed by atoms with Gasteiger partial charge in [-0.05, 0) is 12.0 Å². The molecule has 1 aromatic heterocycles. The van der Waals surface area contributed by atoms with E-state index in [0.717, 1.165) is 23.9 Å². The van der Waals surface area contributed by atoms with E-state index in [-0.39, 0.29) is 0 Å². The molecule has 3 rings (SSSR count). The Morgan fingerprint density at radius 3 is 3.07 bits per heavy atom. The van der Waals surface area contributed by atoms with Gasteiger partial charge in [0.1, 0.15) is 0 Å². The van der Waals surface area contributed by atoms with Gasteiger partial charge in [0.25, 0.3) is 0 Å². The molecule has 15 heavy (non-hydrogen) atoms. The Morgan fingerprint density at radius 1 is 1.40 bits per heavy atom. The maximum atomic E-state index is 11.4. The zero-order valence-corrected chi connectivity index (χ0v) is 8.06. The molecule has 0 amide bonds. The first-order valence-electron chi connectivity index (χ1n) is 4.91. The van der Waals surface area contributed by atoms with Gasteiger partial charge in [-0.2, -0.15) is 0 Å². The van der Waals surface area contributed by atoms with Crippen LogP contribution in [-0.4, -0.2) is 16.6 Å². The maximum Gasteiger partial charge on any atom is 0.227 e. The minimum Gasteiger partial charge on any atom is -0.346 e. The molecule has 0 atom stereocenters. The number of para-hydroxylation sites is 1. The van der Waals surface area contributed by atoms with Gasteiger partial charge < -0.3 is 4.57 Å². The first kappa shape index (κ1) is 8.41. The van der Waals surface area contributed by atoms with Crippen LogP contribution in [0.3, 0.4) is 0 Å². The molecule has 1 aromatic carbocycles. The van der Waals surface area contributed by atoms with Gasteiger partial charge in [0, 0.05) is 18.1 Å². The van der Waals surface area contributed by atoms with Crippen molar-refractivity contribution in [2.45, 2.75) is 13.0 Å². The van der Waals surface area contributed by atoms with Crippen molar-refractivity contribution in [2.24, 2.45) is 0 Å². The van der Waals surface area contributed by atoms with Crippen LogP contribution in [0.1, 0.15) is 15.9 Å². The summed E-state index contributed by atoms with van der Waals surface area (Å²) < 4.78 is 2.06. The summed E-state index contributed by atoms with van der Waals surface area (Å²) in [7, 11) is 0. The molecule has 0 bridgehead atoms. The Labute approximate surface area is 86.3 Å². The van der Waals surface area contributed by atoms with E-state index >= 15 is 0 Å². The van der Waals surface area contributed by atoms with Crippen LogP contribution in [0.5, 0.6) is 0 Å².